The molecule has 0 saturated heterocycles. The molecule has 2 amide bonds. The summed E-state index contributed by atoms with van der Waals surface area (Å²) in [5.74, 6) is 0.186. The summed E-state index contributed by atoms with van der Waals surface area (Å²) in [6.45, 7) is 9.22. The first-order valence-electron chi connectivity index (χ1n) is 13.7. The zero-order valence-electron chi connectivity index (χ0n) is 23.8. The Morgan fingerprint density at radius 2 is 1.03 bits per heavy atom. The van der Waals surface area contributed by atoms with Crippen molar-refractivity contribution < 1.29 is 14.3 Å². The van der Waals surface area contributed by atoms with Crippen molar-refractivity contribution in [2.24, 2.45) is 0 Å². The topological polar surface area (TPSA) is 67.4 Å². The van der Waals surface area contributed by atoms with Gasteiger partial charge in [0.25, 0.3) is 0 Å². The summed E-state index contributed by atoms with van der Waals surface area (Å²) in [7, 11) is 3.33. The Bertz CT molecular complexity index is 658. The molecule has 0 aliphatic heterocycles. The predicted molar refractivity (Wildman–Crippen MR) is 154 cm³/mol. The van der Waals surface area contributed by atoms with Crippen LogP contribution in [-0.4, -0.2) is 39.1 Å². The molecule has 2 aromatic rings. The lowest BCUT2D eigenvalue weighted by Gasteiger charge is -2.03. The summed E-state index contributed by atoms with van der Waals surface area (Å²) >= 11 is 0. The monoisotopic (exact) mass is 500 g/mol. The Balaban J connectivity index is 0. The van der Waals surface area contributed by atoms with E-state index in [0.717, 1.165) is 32.1 Å². The minimum atomic E-state index is 0.0306. The Morgan fingerprint density at radius 1 is 0.583 bits per heavy atom. The van der Waals surface area contributed by atoms with Crippen LogP contribution in [0.25, 0.3) is 0 Å². The van der Waals surface area contributed by atoms with E-state index in [-0.39, 0.29) is 11.8 Å². The number of hydrogen-bond donors (Lipinski definition) is 2. The van der Waals surface area contributed by atoms with Crippen molar-refractivity contribution >= 4 is 11.8 Å². The molecule has 0 aliphatic rings. The normalized spacial score (nSPS) is 9.28. The fraction of sp³-hybridized carbons (Fsp3) is 0.548. The molecule has 204 valence electrons. The number of amides is 2. The lowest BCUT2D eigenvalue weighted by molar-refractivity contribution is -0.122. The van der Waals surface area contributed by atoms with Crippen LogP contribution >= 0.6 is 0 Å². The van der Waals surface area contributed by atoms with Gasteiger partial charge in [0.1, 0.15) is 0 Å². The average molecular weight is 501 g/mol. The van der Waals surface area contributed by atoms with Crippen molar-refractivity contribution in [1.29, 1.82) is 0 Å². The minimum absolute atomic E-state index is 0.0306. The van der Waals surface area contributed by atoms with Crippen molar-refractivity contribution in [3.63, 3.8) is 0 Å². The average Bonchev–Trinajstić information content (AvgIpc) is 2.95. The molecule has 2 aromatic carbocycles. The molecule has 0 radical (unpaired) electrons. The molecule has 0 bridgehead atoms. The third-order valence-electron chi connectivity index (χ3n) is 5.09. The second-order valence-corrected chi connectivity index (χ2v) is 7.70. The number of benzene rings is 2. The summed E-state index contributed by atoms with van der Waals surface area (Å²) in [6, 6.07) is 20.9. The fourth-order valence-corrected chi connectivity index (χ4v) is 3.15. The van der Waals surface area contributed by atoms with Crippen LogP contribution < -0.4 is 10.6 Å². The van der Waals surface area contributed by atoms with E-state index in [4.69, 9.17) is 4.74 Å². The van der Waals surface area contributed by atoms with Crippen LogP contribution in [0.4, 0.5) is 0 Å². The molecule has 5 nitrogen and oxygen atoms in total. The second kappa shape index (κ2) is 28.6. The van der Waals surface area contributed by atoms with E-state index in [1.165, 1.54) is 24.0 Å². The van der Waals surface area contributed by atoms with Gasteiger partial charge in [0.2, 0.25) is 11.8 Å². The van der Waals surface area contributed by atoms with Gasteiger partial charge in [0.15, 0.2) is 0 Å². The Labute approximate surface area is 221 Å². The lowest BCUT2D eigenvalue weighted by Crippen LogP contribution is -2.19. The SMILES string of the molecule is CC.CC.CNC(=O)CCCCCCc1ccccc1.CNC(=O)CCOCCCc1ccccc1. The molecular weight excluding hydrogens is 448 g/mol. The summed E-state index contributed by atoms with van der Waals surface area (Å²) in [5, 5.41) is 5.21. The van der Waals surface area contributed by atoms with Crippen LogP contribution in [-0.2, 0) is 27.2 Å². The van der Waals surface area contributed by atoms with Crippen molar-refractivity contribution in [1.82, 2.24) is 10.6 Å². The molecule has 0 saturated carbocycles. The van der Waals surface area contributed by atoms with Crippen LogP contribution in [0.15, 0.2) is 60.7 Å². The Kier molecular flexibility index (Phi) is 28.2. The number of unbranched alkanes of at least 4 members (excludes halogenated alkanes) is 3. The number of aryl methyl sites for hydroxylation is 2. The maximum absolute atomic E-state index is 11.0. The maximum atomic E-state index is 11.0. The van der Waals surface area contributed by atoms with Gasteiger partial charge in [-0.05, 0) is 43.2 Å². The first kappa shape index (κ1) is 35.5. The third kappa shape index (κ3) is 23.1. The first-order valence-corrected chi connectivity index (χ1v) is 13.7. The Morgan fingerprint density at radius 3 is 1.53 bits per heavy atom. The first-order chi connectivity index (χ1) is 17.7. The number of hydrogen-bond acceptors (Lipinski definition) is 3. The van der Waals surface area contributed by atoms with Gasteiger partial charge in [0, 0.05) is 33.5 Å². The van der Waals surface area contributed by atoms with E-state index in [1.54, 1.807) is 14.1 Å². The van der Waals surface area contributed by atoms with Gasteiger partial charge in [0.05, 0.1) is 6.61 Å². The van der Waals surface area contributed by atoms with Crippen molar-refractivity contribution in [2.45, 2.75) is 85.5 Å². The highest BCUT2D eigenvalue weighted by molar-refractivity contribution is 5.75. The van der Waals surface area contributed by atoms with Crippen LogP contribution in [0.5, 0.6) is 0 Å². The standard InChI is InChI=1S/C14H21NO.C13H19NO2.2C2H6/c1-15-14(16)12-8-3-2-5-9-13-10-6-4-7-11-13;1-14-13(15)9-11-16-10-5-8-12-6-3-2-4-7-12;2*1-2/h4,6-7,10-11H,2-3,5,8-9,12H2,1H3,(H,15,16);2-4,6-7H,5,8-11H2,1H3,(H,14,15);2*1-2H3. The molecule has 0 spiro atoms. The van der Waals surface area contributed by atoms with E-state index in [1.807, 2.05) is 52.0 Å². The van der Waals surface area contributed by atoms with Gasteiger partial charge in [-0.15, -0.1) is 0 Å². The van der Waals surface area contributed by atoms with E-state index in [9.17, 15) is 9.59 Å². The minimum Gasteiger partial charge on any atom is -0.381 e. The Hall–Kier alpha value is -2.66. The quantitative estimate of drug-likeness (QED) is 0.282. The molecule has 0 fully saturated rings. The second-order valence-electron chi connectivity index (χ2n) is 7.70. The molecule has 36 heavy (non-hydrogen) atoms. The molecule has 5 heteroatoms. The highest BCUT2D eigenvalue weighted by Crippen LogP contribution is 2.08. The van der Waals surface area contributed by atoms with Crippen LogP contribution in [0.3, 0.4) is 0 Å². The van der Waals surface area contributed by atoms with Crippen LogP contribution in [0.2, 0.25) is 0 Å². The smallest absolute Gasteiger partial charge is 0.222 e. The van der Waals surface area contributed by atoms with Gasteiger partial charge in [-0.3, -0.25) is 9.59 Å². The van der Waals surface area contributed by atoms with Gasteiger partial charge in [-0.1, -0.05) is 101 Å². The van der Waals surface area contributed by atoms with Crippen molar-refractivity contribution in [2.75, 3.05) is 27.3 Å². The molecule has 0 atom stereocenters. The molecule has 0 aromatic heterocycles. The summed E-state index contributed by atoms with van der Waals surface area (Å²) < 4.78 is 5.37. The zero-order chi connectivity index (χ0) is 27.3. The number of carbonyl (C=O) groups is 2. The summed E-state index contributed by atoms with van der Waals surface area (Å²) in [5.41, 5.74) is 2.74. The number of carbonyl (C=O) groups excluding carboxylic acids is 2. The highest BCUT2D eigenvalue weighted by Gasteiger charge is 1.98. The fourth-order valence-electron chi connectivity index (χ4n) is 3.15. The van der Waals surface area contributed by atoms with Gasteiger partial charge in [-0.2, -0.15) is 0 Å². The lowest BCUT2D eigenvalue weighted by atomic mass is 10.1. The van der Waals surface area contributed by atoms with E-state index in [0.29, 0.717) is 26.1 Å². The predicted octanol–water partition coefficient (Wildman–Crippen LogP) is 6.75. The summed E-state index contributed by atoms with van der Waals surface area (Å²) in [6.07, 6.45) is 8.89. The van der Waals surface area contributed by atoms with Gasteiger partial charge < -0.3 is 15.4 Å². The van der Waals surface area contributed by atoms with Gasteiger partial charge >= 0.3 is 0 Å². The number of nitrogens with one attached hydrogen (secondary N) is 2. The summed E-state index contributed by atoms with van der Waals surface area (Å²) in [4.78, 5) is 21.8. The van der Waals surface area contributed by atoms with Crippen LogP contribution in [0, 0.1) is 0 Å². The third-order valence-corrected chi connectivity index (χ3v) is 5.09. The highest BCUT2D eigenvalue weighted by atomic mass is 16.5. The molecule has 2 N–H and O–H groups in total. The zero-order valence-corrected chi connectivity index (χ0v) is 23.8. The van der Waals surface area contributed by atoms with E-state index >= 15 is 0 Å². The number of ether oxygens (including phenoxy) is 1. The molecular formula is C31H52N2O3. The van der Waals surface area contributed by atoms with Crippen molar-refractivity contribution in [3.8, 4) is 0 Å². The van der Waals surface area contributed by atoms with Crippen molar-refractivity contribution in [3.05, 3.63) is 71.8 Å². The van der Waals surface area contributed by atoms with Gasteiger partial charge in [-0.25, -0.2) is 0 Å². The largest absolute Gasteiger partial charge is 0.381 e. The van der Waals surface area contributed by atoms with Crippen LogP contribution in [0.1, 0.15) is 83.8 Å². The van der Waals surface area contributed by atoms with E-state index < -0.39 is 0 Å². The molecule has 2 rings (SSSR count). The molecule has 0 heterocycles. The van der Waals surface area contributed by atoms with E-state index in [2.05, 4.69) is 47.0 Å². The molecule has 0 unspecified atom stereocenters. The maximum Gasteiger partial charge on any atom is 0.222 e. The number of rotatable bonds is 14. The molecule has 0 aliphatic carbocycles.